The monoisotopic (exact) mass is 426 g/mol. The van der Waals surface area contributed by atoms with Gasteiger partial charge in [0.15, 0.2) is 0 Å². The van der Waals surface area contributed by atoms with Crippen LogP contribution in [-0.2, 0) is 0 Å². The van der Waals surface area contributed by atoms with E-state index in [9.17, 15) is 0 Å². The molecule has 0 aliphatic carbocycles. The number of nitrogens with zero attached hydrogens (tertiary/aromatic N) is 3. The fraction of sp³-hybridized carbons (Fsp3) is 0.217. The summed E-state index contributed by atoms with van der Waals surface area (Å²) in [5.74, 6) is 0. The molecule has 0 amide bonds. The molecule has 0 fully saturated rings. The predicted octanol–water partition coefficient (Wildman–Crippen LogP) is 5.92. The number of hydrogen-bond donors (Lipinski definition) is 1. The molecule has 3 rings (SSSR count). The first-order valence-electron chi connectivity index (χ1n) is 9.47. The van der Waals surface area contributed by atoms with E-state index in [0.717, 1.165) is 42.0 Å². The first kappa shape index (κ1) is 21.3. The first-order valence-corrected chi connectivity index (χ1v) is 10.2. The summed E-state index contributed by atoms with van der Waals surface area (Å²) in [6.07, 6.45) is 4.29. The molecule has 0 atom stereocenters. The second kappa shape index (κ2) is 10.4. The van der Waals surface area contributed by atoms with E-state index in [1.54, 1.807) is 18.5 Å². The Morgan fingerprint density at radius 3 is 2.52 bits per heavy atom. The zero-order valence-electron chi connectivity index (χ0n) is 16.6. The number of hydrogen-bond acceptors (Lipinski definition) is 4. The minimum Gasteiger partial charge on any atom is -0.383 e. The molecule has 150 valence electrons. The SMILES string of the molecule is CN(C)CCCNc1c(Cl)cccc1C(=Nc1ccncc1Cl)c1ccccc1. The maximum Gasteiger partial charge on any atom is 0.0854 e. The van der Waals surface area contributed by atoms with Crippen molar-refractivity contribution in [2.75, 3.05) is 32.5 Å². The van der Waals surface area contributed by atoms with Crippen LogP contribution in [0.15, 0.2) is 72.0 Å². The number of pyridine rings is 1. The van der Waals surface area contributed by atoms with E-state index < -0.39 is 0 Å². The summed E-state index contributed by atoms with van der Waals surface area (Å²) in [5, 5.41) is 4.67. The Labute approximate surface area is 182 Å². The van der Waals surface area contributed by atoms with Gasteiger partial charge >= 0.3 is 0 Å². The number of para-hydroxylation sites is 1. The van der Waals surface area contributed by atoms with Crippen molar-refractivity contribution in [2.24, 2.45) is 4.99 Å². The van der Waals surface area contributed by atoms with Crippen LogP contribution in [0.5, 0.6) is 0 Å². The third-order valence-corrected chi connectivity index (χ3v) is 4.99. The molecule has 0 spiro atoms. The van der Waals surface area contributed by atoms with Gasteiger partial charge in [0.1, 0.15) is 0 Å². The standard InChI is InChI=1S/C23H24Cl2N4/c1-29(2)15-7-13-27-23-18(10-6-11-19(23)24)22(17-8-4-3-5-9-17)28-21-12-14-26-16-20(21)25/h3-6,8-12,14,16,27H,7,13,15H2,1-2H3. The molecule has 0 aliphatic rings. The quantitative estimate of drug-likeness (QED) is 0.358. The van der Waals surface area contributed by atoms with Gasteiger partial charge < -0.3 is 10.2 Å². The van der Waals surface area contributed by atoms with Crippen molar-refractivity contribution in [3.05, 3.63) is 88.2 Å². The topological polar surface area (TPSA) is 40.5 Å². The van der Waals surface area contributed by atoms with Gasteiger partial charge in [-0.25, -0.2) is 4.99 Å². The summed E-state index contributed by atoms with van der Waals surface area (Å²) in [5.41, 5.74) is 4.26. The largest absolute Gasteiger partial charge is 0.383 e. The van der Waals surface area contributed by atoms with Crippen molar-refractivity contribution in [1.82, 2.24) is 9.88 Å². The summed E-state index contributed by atoms with van der Waals surface area (Å²) in [4.78, 5) is 11.1. The second-order valence-electron chi connectivity index (χ2n) is 6.90. The summed E-state index contributed by atoms with van der Waals surface area (Å²) in [6, 6.07) is 17.7. The van der Waals surface area contributed by atoms with Crippen LogP contribution in [0, 0.1) is 0 Å². The van der Waals surface area contributed by atoms with E-state index in [2.05, 4.69) is 29.3 Å². The van der Waals surface area contributed by atoms with Gasteiger partial charge in [0.2, 0.25) is 0 Å². The van der Waals surface area contributed by atoms with E-state index >= 15 is 0 Å². The van der Waals surface area contributed by atoms with E-state index in [-0.39, 0.29) is 0 Å². The average molecular weight is 427 g/mol. The fourth-order valence-corrected chi connectivity index (χ4v) is 3.37. The highest BCUT2D eigenvalue weighted by Gasteiger charge is 2.15. The fourth-order valence-electron chi connectivity index (χ4n) is 2.97. The van der Waals surface area contributed by atoms with Gasteiger partial charge in [-0.3, -0.25) is 4.98 Å². The molecule has 1 heterocycles. The van der Waals surface area contributed by atoms with Crippen LogP contribution in [0.25, 0.3) is 0 Å². The number of aliphatic imine (C=N–C) groups is 1. The first-order chi connectivity index (χ1) is 14.1. The smallest absolute Gasteiger partial charge is 0.0854 e. The van der Waals surface area contributed by atoms with Crippen molar-refractivity contribution in [1.29, 1.82) is 0 Å². The van der Waals surface area contributed by atoms with Crippen LogP contribution >= 0.6 is 23.2 Å². The maximum atomic E-state index is 6.57. The zero-order chi connectivity index (χ0) is 20.6. The van der Waals surface area contributed by atoms with Crippen molar-refractivity contribution in [3.63, 3.8) is 0 Å². The number of benzene rings is 2. The molecule has 0 radical (unpaired) electrons. The van der Waals surface area contributed by atoms with E-state index in [1.165, 1.54) is 0 Å². The third kappa shape index (κ3) is 5.80. The minimum absolute atomic E-state index is 0.503. The Kier molecular flexibility index (Phi) is 7.64. The summed E-state index contributed by atoms with van der Waals surface area (Å²) >= 11 is 12.9. The van der Waals surface area contributed by atoms with Crippen LogP contribution in [0.4, 0.5) is 11.4 Å². The van der Waals surface area contributed by atoms with E-state index in [0.29, 0.717) is 15.7 Å². The average Bonchev–Trinajstić information content (AvgIpc) is 2.72. The number of halogens is 2. The Hall–Kier alpha value is -2.40. The van der Waals surface area contributed by atoms with Crippen LogP contribution in [0.1, 0.15) is 17.5 Å². The van der Waals surface area contributed by atoms with E-state index in [4.69, 9.17) is 28.2 Å². The van der Waals surface area contributed by atoms with Crippen LogP contribution in [0.3, 0.4) is 0 Å². The number of nitrogens with one attached hydrogen (secondary N) is 1. The molecule has 4 nitrogen and oxygen atoms in total. The number of anilines is 1. The Balaban J connectivity index is 2.05. The van der Waals surface area contributed by atoms with Crippen molar-refractivity contribution < 1.29 is 0 Å². The lowest BCUT2D eigenvalue weighted by atomic mass is 10.00. The lowest BCUT2D eigenvalue weighted by Gasteiger charge is -2.17. The molecule has 1 N–H and O–H groups in total. The number of aromatic nitrogens is 1. The van der Waals surface area contributed by atoms with Crippen LogP contribution in [-0.4, -0.2) is 42.8 Å². The highest BCUT2D eigenvalue weighted by molar-refractivity contribution is 6.35. The van der Waals surface area contributed by atoms with Gasteiger partial charge in [0, 0.05) is 30.1 Å². The molecule has 0 bridgehead atoms. The molecule has 0 saturated heterocycles. The molecular formula is C23H24Cl2N4. The summed E-state index contributed by atoms with van der Waals surface area (Å²) in [6.45, 7) is 1.81. The van der Waals surface area contributed by atoms with Crippen LogP contribution in [0.2, 0.25) is 10.0 Å². The third-order valence-electron chi connectivity index (χ3n) is 4.38. The Bertz CT molecular complexity index is 972. The second-order valence-corrected chi connectivity index (χ2v) is 7.71. The van der Waals surface area contributed by atoms with Gasteiger partial charge in [-0.1, -0.05) is 65.7 Å². The van der Waals surface area contributed by atoms with Crippen molar-refractivity contribution in [3.8, 4) is 0 Å². The predicted molar refractivity (Wildman–Crippen MR) is 124 cm³/mol. The molecule has 29 heavy (non-hydrogen) atoms. The zero-order valence-corrected chi connectivity index (χ0v) is 18.1. The summed E-state index contributed by atoms with van der Waals surface area (Å²) < 4.78 is 0. The Morgan fingerprint density at radius 1 is 1.00 bits per heavy atom. The number of rotatable bonds is 8. The Morgan fingerprint density at radius 2 is 1.79 bits per heavy atom. The van der Waals surface area contributed by atoms with Gasteiger partial charge in [0.25, 0.3) is 0 Å². The molecule has 0 saturated carbocycles. The molecule has 1 aromatic heterocycles. The van der Waals surface area contributed by atoms with Gasteiger partial charge in [-0.2, -0.15) is 0 Å². The maximum absolute atomic E-state index is 6.57. The molecule has 6 heteroatoms. The van der Waals surface area contributed by atoms with Crippen LogP contribution < -0.4 is 5.32 Å². The van der Waals surface area contributed by atoms with Gasteiger partial charge in [0.05, 0.1) is 27.1 Å². The highest BCUT2D eigenvalue weighted by Crippen LogP contribution is 2.31. The molecule has 2 aromatic carbocycles. The highest BCUT2D eigenvalue weighted by atomic mass is 35.5. The molecular weight excluding hydrogens is 403 g/mol. The molecule has 0 aliphatic heterocycles. The van der Waals surface area contributed by atoms with Crippen molar-refractivity contribution in [2.45, 2.75) is 6.42 Å². The lowest BCUT2D eigenvalue weighted by Crippen LogP contribution is -2.17. The normalized spacial score (nSPS) is 11.7. The lowest BCUT2D eigenvalue weighted by molar-refractivity contribution is 0.405. The van der Waals surface area contributed by atoms with E-state index in [1.807, 2.05) is 48.5 Å². The summed E-state index contributed by atoms with van der Waals surface area (Å²) in [7, 11) is 4.14. The molecule has 3 aromatic rings. The minimum atomic E-state index is 0.503. The van der Waals surface area contributed by atoms with Gasteiger partial charge in [-0.15, -0.1) is 0 Å². The molecule has 0 unspecified atom stereocenters. The van der Waals surface area contributed by atoms with Crippen molar-refractivity contribution >= 4 is 40.3 Å². The van der Waals surface area contributed by atoms with Gasteiger partial charge in [-0.05, 0) is 39.2 Å².